The van der Waals surface area contributed by atoms with Gasteiger partial charge in [0.25, 0.3) is 0 Å². The molecule has 102 valence electrons. The summed E-state index contributed by atoms with van der Waals surface area (Å²) in [6.45, 7) is 5.54. The van der Waals surface area contributed by atoms with E-state index < -0.39 is 0 Å². The number of ether oxygens (including phenoxy) is 1. The summed E-state index contributed by atoms with van der Waals surface area (Å²) in [4.78, 5) is 6.57. The molecule has 0 bridgehead atoms. The average Bonchev–Trinajstić information content (AvgIpc) is 2.40. The molecule has 1 N–H and O–H groups in total. The van der Waals surface area contributed by atoms with Crippen molar-refractivity contribution in [1.29, 1.82) is 0 Å². The van der Waals surface area contributed by atoms with E-state index in [1.165, 1.54) is 0 Å². The third-order valence-corrected chi connectivity index (χ3v) is 3.35. The standard InChI is InChI=1S/C13H21ClN2O2/c1-4-10(2)16(7-8-18-3)13-6-5-11(14)12(9-17)15-13/h5-6,10,17H,4,7-9H2,1-3H3. The summed E-state index contributed by atoms with van der Waals surface area (Å²) in [6, 6.07) is 4.02. The van der Waals surface area contributed by atoms with E-state index in [1.807, 2.05) is 6.07 Å². The highest BCUT2D eigenvalue weighted by molar-refractivity contribution is 6.31. The number of aliphatic hydroxyl groups is 1. The van der Waals surface area contributed by atoms with E-state index in [0.717, 1.165) is 18.8 Å². The minimum absolute atomic E-state index is 0.148. The molecule has 5 heteroatoms. The van der Waals surface area contributed by atoms with Crippen LogP contribution >= 0.6 is 11.6 Å². The molecule has 4 nitrogen and oxygen atoms in total. The molecule has 0 aliphatic heterocycles. The van der Waals surface area contributed by atoms with E-state index in [-0.39, 0.29) is 6.61 Å². The second kappa shape index (κ2) is 7.56. The lowest BCUT2D eigenvalue weighted by Gasteiger charge is -2.29. The molecular formula is C13H21ClN2O2. The quantitative estimate of drug-likeness (QED) is 0.828. The summed E-state index contributed by atoms with van der Waals surface area (Å²) in [6.07, 6.45) is 1.02. The van der Waals surface area contributed by atoms with Crippen molar-refractivity contribution in [1.82, 2.24) is 4.98 Å². The van der Waals surface area contributed by atoms with Crippen molar-refractivity contribution in [2.24, 2.45) is 0 Å². The predicted octanol–water partition coefficient (Wildman–Crippen LogP) is 2.48. The highest BCUT2D eigenvalue weighted by atomic mass is 35.5. The molecule has 0 fully saturated rings. The number of halogens is 1. The Balaban J connectivity index is 2.96. The molecule has 0 saturated carbocycles. The molecule has 0 amide bonds. The Morgan fingerprint density at radius 3 is 2.78 bits per heavy atom. The Bertz CT molecular complexity index is 374. The molecule has 0 spiro atoms. The van der Waals surface area contributed by atoms with Crippen molar-refractivity contribution >= 4 is 17.4 Å². The van der Waals surface area contributed by atoms with Crippen LogP contribution in [0.15, 0.2) is 12.1 Å². The number of aliphatic hydroxyl groups excluding tert-OH is 1. The van der Waals surface area contributed by atoms with Gasteiger partial charge >= 0.3 is 0 Å². The van der Waals surface area contributed by atoms with Crippen LogP contribution in [0.4, 0.5) is 5.82 Å². The summed E-state index contributed by atoms with van der Waals surface area (Å²) < 4.78 is 5.12. The predicted molar refractivity (Wildman–Crippen MR) is 74.1 cm³/mol. The zero-order chi connectivity index (χ0) is 13.5. The summed E-state index contributed by atoms with van der Waals surface area (Å²) in [5, 5.41) is 9.70. The van der Waals surface area contributed by atoms with Gasteiger partial charge in [0, 0.05) is 19.7 Å². The van der Waals surface area contributed by atoms with Crippen molar-refractivity contribution < 1.29 is 9.84 Å². The van der Waals surface area contributed by atoms with Gasteiger partial charge in [-0.3, -0.25) is 0 Å². The van der Waals surface area contributed by atoms with Crippen molar-refractivity contribution in [2.75, 3.05) is 25.2 Å². The van der Waals surface area contributed by atoms with Crippen LogP contribution in [-0.2, 0) is 11.3 Å². The maximum Gasteiger partial charge on any atom is 0.129 e. The fourth-order valence-electron chi connectivity index (χ4n) is 1.71. The Kier molecular flexibility index (Phi) is 6.39. The first kappa shape index (κ1) is 15.2. The summed E-state index contributed by atoms with van der Waals surface area (Å²) in [5.74, 6) is 0.829. The summed E-state index contributed by atoms with van der Waals surface area (Å²) >= 11 is 5.95. The second-order valence-corrected chi connectivity index (χ2v) is 4.61. The number of pyridine rings is 1. The van der Waals surface area contributed by atoms with E-state index in [0.29, 0.717) is 23.4 Å². The number of hydrogen-bond donors (Lipinski definition) is 1. The Morgan fingerprint density at radius 1 is 1.50 bits per heavy atom. The van der Waals surface area contributed by atoms with Gasteiger partial charge in [-0.2, -0.15) is 0 Å². The van der Waals surface area contributed by atoms with Gasteiger partial charge in [-0.05, 0) is 25.5 Å². The maximum atomic E-state index is 9.21. The molecule has 0 radical (unpaired) electrons. The molecule has 1 aromatic heterocycles. The highest BCUT2D eigenvalue weighted by Gasteiger charge is 2.15. The maximum absolute atomic E-state index is 9.21. The van der Waals surface area contributed by atoms with Crippen LogP contribution < -0.4 is 4.90 Å². The van der Waals surface area contributed by atoms with Gasteiger partial charge in [-0.1, -0.05) is 18.5 Å². The molecule has 0 aromatic carbocycles. The van der Waals surface area contributed by atoms with Gasteiger partial charge < -0.3 is 14.7 Å². The van der Waals surface area contributed by atoms with Gasteiger partial charge in [0.2, 0.25) is 0 Å². The van der Waals surface area contributed by atoms with Crippen LogP contribution in [-0.4, -0.2) is 36.4 Å². The second-order valence-electron chi connectivity index (χ2n) is 4.20. The van der Waals surface area contributed by atoms with E-state index in [2.05, 4.69) is 23.7 Å². The van der Waals surface area contributed by atoms with Gasteiger partial charge in [0.05, 0.1) is 23.9 Å². The number of anilines is 1. The molecule has 1 unspecified atom stereocenters. The van der Waals surface area contributed by atoms with Crippen molar-refractivity contribution in [2.45, 2.75) is 32.9 Å². The highest BCUT2D eigenvalue weighted by Crippen LogP contribution is 2.21. The first-order valence-electron chi connectivity index (χ1n) is 6.15. The smallest absolute Gasteiger partial charge is 0.129 e. The van der Waals surface area contributed by atoms with Crippen LogP contribution in [0.25, 0.3) is 0 Å². The zero-order valence-electron chi connectivity index (χ0n) is 11.2. The van der Waals surface area contributed by atoms with Crippen LogP contribution in [0.5, 0.6) is 0 Å². The molecule has 0 aliphatic rings. The minimum Gasteiger partial charge on any atom is -0.390 e. The zero-order valence-corrected chi connectivity index (χ0v) is 11.9. The van der Waals surface area contributed by atoms with E-state index in [1.54, 1.807) is 13.2 Å². The van der Waals surface area contributed by atoms with E-state index >= 15 is 0 Å². The van der Waals surface area contributed by atoms with Gasteiger partial charge in [-0.25, -0.2) is 4.98 Å². The van der Waals surface area contributed by atoms with E-state index in [9.17, 15) is 5.11 Å². The van der Waals surface area contributed by atoms with E-state index in [4.69, 9.17) is 16.3 Å². The summed E-state index contributed by atoms with van der Waals surface area (Å²) in [7, 11) is 1.68. The SMILES string of the molecule is CCC(C)N(CCOC)c1ccc(Cl)c(CO)n1. The van der Waals surface area contributed by atoms with Crippen LogP contribution in [0.3, 0.4) is 0 Å². The monoisotopic (exact) mass is 272 g/mol. The lowest BCUT2D eigenvalue weighted by Crippen LogP contribution is -2.36. The number of methoxy groups -OCH3 is 1. The Morgan fingerprint density at radius 2 is 2.22 bits per heavy atom. The topological polar surface area (TPSA) is 45.6 Å². The third kappa shape index (κ3) is 3.83. The Hall–Kier alpha value is -0.840. The van der Waals surface area contributed by atoms with Crippen molar-refractivity contribution in [3.8, 4) is 0 Å². The number of rotatable bonds is 7. The van der Waals surface area contributed by atoms with Crippen LogP contribution in [0.1, 0.15) is 26.0 Å². The van der Waals surface area contributed by atoms with Gasteiger partial charge in [0.1, 0.15) is 5.82 Å². The fraction of sp³-hybridized carbons (Fsp3) is 0.615. The summed E-state index contributed by atoms with van der Waals surface area (Å²) in [5.41, 5.74) is 0.514. The average molecular weight is 273 g/mol. The number of aromatic nitrogens is 1. The number of nitrogens with zero attached hydrogens (tertiary/aromatic N) is 2. The third-order valence-electron chi connectivity index (χ3n) is 3.01. The lowest BCUT2D eigenvalue weighted by molar-refractivity contribution is 0.203. The molecule has 1 aromatic rings. The van der Waals surface area contributed by atoms with Crippen molar-refractivity contribution in [3.05, 3.63) is 22.8 Å². The lowest BCUT2D eigenvalue weighted by atomic mass is 10.2. The molecule has 1 atom stereocenters. The molecular weight excluding hydrogens is 252 g/mol. The van der Waals surface area contributed by atoms with Gasteiger partial charge in [0.15, 0.2) is 0 Å². The molecule has 1 rings (SSSR count). The van der Waals surface area contributed by atoms with Crippen LogP contribution in [0, 0.1) is 0 Å². The first-order valence-corrected chi connectivity index (χ1v) is 6.53. The first-order chi connectivity index (χ1) is 8.63. The van der Waals surface area contributed by atoms with Crippen LogP contribution in [0.2, 0.25) is 5.02 Å². The van der Waals surface area contributed by atoms with Gasteiger partial charge in [-0.15, -0.1) is 0 Å². The molecule has 1 heterocycles. The minimum atomic E-state index is -0.148. The largest absolute Gasteiger partial charge is 0.390 e. The molecule has 0 saturated heterocycles. The number of hydrogen-bond acceptors (Lipinski definition) is 4. The normalized spacial score (nSPS) is 12.5. The molecule has 18 heavy (non-hydrogen) atoms. The molecule has 0 aliphatic carbocycles. The Labute approximate surface area is 114 Å². The van der Waals surface area contributed by atoms with Crippen molar-refractivity contribution in [3.63, 3.8) is 0 Å². The fourth-order valence-corrected chi connectivity index (χ4v) is 1.88.